The van der Waals surface area contributed by atoms with E-state index in [4.69, 9.17) is 0 Å². The fourth-order valence-corrected chi connectivity index (χ4v) is 2.60. The van der Waals surface area contributed by atoms with Gasteiger partial charge in [-0.05, 0) is 41.8 Å². The van der Waals surface area contributed by atoms with E-state index in [2.05, 4.69) is 15.9 Å². The number of aliphatic hydroxyl groups excluding tert-OH is 1. The standard InChI is InChI=1S/C15H12BrF3O/c1-9-2-7-12(13(16)8-9)14(20)10-3-5-11(6-4-10)15(17,18)19/h2-8,14,20H,1H3. The Balaban J connectivity index is 2.31. The summed E-state index contributed by atoms with van der Waals surface area (Å²) in [6, 6.07) is 9.97. The Kier molecular flexibility index (Phi) is 4.20. The molecule has 5 heteroatoms. The van der Waals surface area contributed by atoms with E-state index in [-0.39, 0.29) is 0 Å². The van der Waals surface area contributed by atoms with E-state index in [0.717, 1.165) is 22.2 Å². The lowest BCUT2D eigenvalue weighted by molar-refractivity contribution is -0.137. The van der Waals surface area contributed by atoms with Gasteiger partial charge >= 0.3 is 6.18 Å². The van der Waals surface area contributed by atoms with Crippen molar-refractivity contribution >= 4 is 15.9 Å². The minimum absolute atomic E-state index is 0.419. The molecule has 0 fully saturated rings. The minimum atomic E-state index is -4.37. The molecule has 1 unspecified atom stereocenters. The fourth-order valence-electron chi connectivity index (χ4n) is 1.89. The topological polar surface area (TPSA) is 20.2 Å². The first-order chi connectivity index (χ1) is 9.29. The molecule has 0 aromatic heterocycles. The van der Waals surface area contributed by atoms with Crippen molar-refractivity contribution in [3.05, 3.63) is 69.2 Å². The van der Waals surface area contributed by atoms with Gasteiger partial charge in [0.25, 0.3) is 0 Å². The van der Waals surface area contributed by atoms with Gasteiger partial charge in [0.15, 0.2) is 0 Å². The second-order valence-corrected chi connectivity index (χ2v) is 5.40. The van der Waals surface area contributed by atoms with Crippen molar-refractivity contribution in [2.45, 2.75) is 19.2 Å². The van der Waals surface area contributed by atoms with Crippen molar-refractivity contribution in [2.24, 2.45) is 0 Å². The van der Waals surface area contributed by atoms with E-state index in [9.17, 15) is 18.3 Å². The summed E-state index contributed by atoms with van der Waals surface area (Å²) in [5.41, 5.74) is 1.34. The van der Waals surface area contributed by atoms with Gasteiger partial charge in [-0.25, -0.2) is 0 Å². The third kappa shape index (κ3) is 3.22. The van der Waals surface area contributed by atoms with Gasteiger partial charge in [0.05, 0.1) is 5.56 Å². The molecule has 1 atom stereocenters. The Hall–Kier alpha value is -1.33. The van der Waals surface area contributed by atoms with Crippen LogP contribution >= 0.6 is 15.9 Å². The number of rotatable bonds is 2. The lowest BCUT2D eigenvalue weighted by Crippen LogP contribution is -2.06. The largest absolute Gasteiger partial charge is 0.416 e. The molecule has 0 saturated carbocycles. The van der Waals surface area contributed by atoms with Crippen LogP contribution in [0.25, 0.3) is 0 Å². The van der Waals surface area contributed by atoms with Crippen molar-refractivity contribution in [2.75, 3.05) is 0 Å². The molecular weight excluding hydrogens is 333 g/mol. The van der Waals surface area contributed by atoms with Gasteiger partial charge in [-0.3, -0.25) is 0 Å². The van der Waals surface area contributed by atoms with Crippen LogP contribution in [0.5, 0.6) is 0 Å². The zero-order valence-corrected chi connectivity index (χ0v) is 12.2. The van der Waals surface area contributed by atoms with Crippen LogP contribution in [0.15, 0.2) is 46.9 Å². The molecule has 2 aromatic rings. The van der Waals surface area contributed by atoms with Crippen LogP contribution in [0.3, 0.4) is 0 Å². The predicted octanol–water partition coefficient (Wildman–Crippen LogP) is 4.86. The van der Waals surface area contributed by atoms with Crippen molar-refractivity contribution in [3.8, 4) is 0 Å². The second kappa shape index (κ2) is 5.58. The van der Waals surface area contributed by atoms with Gasteiger partial charge in [-0.15, -0.1) is 0 Å². The Morgan fingerprint density at radius 1 is 1.05 bits per heavy atom. The number of benzene rings is 2. The summed E-state index contributed by atoms with van der Waals surface area (Å²) in [5.74, 6) is 0. The number of hydrogen-bond donors (Lipinski definition) is 1. The monoisotopic (exact) mass is 344 g/mol. The third-order valence-corrected chi connectivity index (χ3v) is 3.69. The maximum atomic E-state index is 12.5. The van der Waals surface area contributed by atoms with Gasteiger partial charge in [-0.1, -0.05) is 40.2 Å². The molecule has 2 aromatic carbocycles. The van der Waals surface area contributed by atoms with Crippen molar-refractivity contribution in [3.63, 3.8) is 0 Å². The molecule has 2 rings (SSSR count). The Morgan fingerprint density at radius 3 is 2.15 bits per heavy atom. The maximum Gasteiger partial charge on any atom is 0.416 e. The molecule has 0 saturated heterocycles. The van der Waals surface area contributed by atoms with Crippen LogP contribution in [-0.2, 0) is 6.18 Å². The number of halogens is 4. The lowest BCUT2D eigenvalue weighted by Gasteiger charge is -2.15. The van der Waals surface area contributed by atoms with Crippen LogP contribution in [-0.4, -0.2) is 5.11 Å². The molecule has 0 heterocycles. The van der Waals surface area contributed by atoms with E-state index < -0.39 is 17.8 Å². The molecule has 106 valence electrons. The summed E-state index contributed by atoms with van der Waals surface area (Å²) in [6.07, 6.45) is -5.33. The SMILES string of the molecule is Cc1ccc(C(O)c2ccc(C(F)(F)F)cc2)c(Br)c1. The van der Waals surface area contributed by atoms with Gasteiger partial charge in [0.1, 0.15) is 6.10 Å². The molecule has 0 aliphatic carbocycles. The third-order valence-electron chi connectivity index (χ3n) is 3.00. The number of hydrogen-bond acceptors (Lipinski definition) is 1. The first-order valence-electron chi connectivity index (χ1n) is 5.90. The molecule has 1 N–H and O–H groups in total. The van der Waals surface area contributed by atoms with Crippen LogP contribution in [0.1, 0.15) is 28.4 Å². The van der Waals surface area contributed by atoms with Gasteiger partial charge in [-0.2, -0.15) is 13.2 Å². The number of aryl methyl sites for hydroxylation is 1. The zero-order valence-electron chi connectivity index (χ0n) is 10.6. The summed E-state index contributed by atoms with van der Waals surface area (Å²) in [4.78, 5) is 0. The van der Waals surface area contributed by atoms with E-state index >= 15 is 0 Å². The molecular formula is C15H12BrF3O. The van der Waals surface area contributed by atoms with Crippen molar-refractivity contribution < 1.29 is 18.3 Å². The van der Waals surface area contributed by atoms with Crippen LogP contribution in [0.4, 0.5) is 13.2 Å². The van der Waals surface area contributed by atoms with E-state index in [1.165, 1.54) is 12.1 Å². The van der Waals surface area contributed by atoms with Crippen LogP contribution < -0.4 is 0 Å². The van der Waals surface area contributed by atoms with E-state index in [1.807, 2.05) is 19.1 Å². The number of alkyl halides is 3. The van der Waals surface area contributed by atoms with Gasteiger partial charge in [0, 0.05) is 4.47 Å². The van der Waals surface area contributed by atoms with E-state index in [0.29, 0.717) is 11.1 Å². The summed E-state index contributed by atoms with van der Waals surface area (Å²) in [6.45, 7) is 1.92. The summed E-state index contributed by atoms with van der Waals surface area (Å²) in [5, 5.41) is 10.2. The highest BCUT2D eigenvalue weighted by molar-refractivity contribution is 9.10. The minimum Gasteiger partial charge on any atom is -0.384 e. The van der Waals surface area contributed by atoms with Crippen molar-refractivity contribution in [1.82, 2.24) is 0 Å². The summed E-state index contributed by atoms with van der Waals surface area (Å²) in [7, 11) is 0. The Morgan fingerprint density at radius 2 is 1.65 bits per heavy atom. The molecule has 20 heavy (non-hydrogen) atoms. The second-order valence-electron chi connectivity index (χ2n) is 4.55. The quantitative estimate of drug-likeness (QED) is 0.824. The molecule has 0 spiro atoms. The van der Waals surface area contributed by atoms with Crippen LogP contribution in [0, 0.1) is 6.92 Å². The van der Waals surface area contributed by atoms with Gasteiger partial charge < -0.3 is 5.11 Å². The zero-order chi connectivity index (χ0) is 14.9. The molecule has 0 bridgehead atoms. The lowest BCUT2D eigenvalue weighted by atomic mass is 9.99. The molecule has 1 nitrogen and oxygen atoms in total. The Labute approximate surface area is 123 Å². The van der Waals surface area contributed by atoms with Crippen molar-refractivity contribution in [1.29, 1.82) is 0 Å². The highest BCUT2D eigenvalue weighted by Crippen LogP contribution is 2.32. The highest BCUT2D eigenvalue weighted by atomic mass is 79.9. The smallest absolute Gasteiger partial charge is 0.384 e. The molecule has 0 aliphatic rings. The highest BCUT2D eigenvalue weighted by Gasteiger charge is 2.30. The average molecular weight is 345 g/mol. The fraction of sp³-hybridized carbons (Fsp3) is 0.200. The van der Waals surface area contributed by atoms with Crippen LogP contribution in [0.2, 0.25) is 0 Å². The van der Waals surface area contributed by atoms with Gasteiger partial charge in [0.2, 0.25) is 0 Å². The summed E-state index contributed by atoms with van der Waals surface area (Å²) >= 11 is 3.35. The number of aliphatic hydroxyl groups is 1. The first kappa shape index (κ1) is 15.1. The Bertz CT molecular complexity index is 606. The summed E-state index contributed by atoms with van der Waals surface area (Å²) < 4.78 is 38.2. The first-order valence-corrected chi connectivity index (χ1v) is 6.69. The predicted molar refractivity (Wildman–Crippen MR) is 74.4 cm³/mol. The molecule has 0 aliphatic heterocycles. The van der Waals surface area contributed by atoms with E-state index in [1.54, 1.807) is 6.07 Å². The molecule has 0 amide bonds. The molecule has 0 radical (unpaired) electrons. The average Bonchev–Trinajstić information content (AvgIpc) is 2.37. The maximum absolute atomic E-state index is 12.5. The normalized spacial score (nSPS) is 13.3.